The van der Waals surface area contributed by atoms with Crippen LogP contribution in [0.4, 0.5) is 4.79 Å². The molecule has 1 aromatic carbocycles. The number of morpholine rings is 1. The third-order valence-electron chi connectivity index (χ3n) is 5.00. The fourth-order valence-electron chi connectivity index (χ4n) is 3.52. The van der Waals surface area contributed by atoms with Crippen molar-refractivity contribution in [1.29, 1.82) is 0 Å². The molecule has 1 unspecified atom stereocenters. The fraction of sp³-hybridized carbons (Fsp3) is 0.300. The molecule has 2 aromatic heterocycles. The van der Waals surface area contributed by atoms with Crippen molar-refractivity contribution in [2.24, 2.45) is 0 Å². The molecule has 1 aliphatic rings. The molecule has 1 atom stereocenters. The second-order valence-corrected chi connectivity index (χ2v) is 9.05. The summed E-state index contributed by atoms with van der Waals surface area (Å²) in [7, 11) is 0. The number of carbonyl (C=O) groups is 1. The Bertz CT molecular complexity index is 1220. The van der Waals surface area contributed by atoms with E-state index >= 15 is 0 Å². The van der Waals surface area contributed by atoms with Crippen molar-refractivity contribution in [3.63, 3.8) is 0 Å². The number of hydrogen-bond acceptors (Lipinski definition) is 6. The Balaban J connectivity index is 1.86. The predicted octanol–water partition coefficient (Wildman–Crippen LogP) is 3.98. The van der Waals surface area contributed by atoms with Gasteiger partial charge in [-0.1, -0.05) is 45.4 Å². The molecule has 0 saturated carbocycles. The molecular formula is C20H18BrClN4O4S. The van der Waals surface area contributed by atoms with E-state index in [1.54, 1.807) is 24.4 Å². The smallest absolute Gasteiger partial charge is 0.407 e. The molecule has 31 heavy (non-hydrogen) atoms. The van der Waals surface area contributed by atoms with Gasteiger partial charge in [0.2, 0.25) is 0 Å². The molecule has 3 aromatic rings. The van der Waals surface area contributed by atoms with E-state index in [1.165, 1.54) is 21.2 Å². The van der Waals surface area contributed by atoms with Crippen LogP contribution in [-0.4, -0.2) is 62.7 Å². The Labute approximate surface area is 195 Å². The number of amides is 1. The van der Waals surface area contributed by atoms with E-state index in [0.29, 0.717) is 38.9 Å². The molecule has 11 heteroatoms. The summed E-state index contributed by atoms with van der Waals surface area (Å²) in [5.74, 6) is 0. The molecule has 1 N–H and O–H groups in total. The predicted molar refractivity (Wildman–Crippen MR) is 123 cm³/mol. The monoisotopic (exact) mass is 524 g/mol. The lowest BCUT2D eigenvalue weighted by Crippen LogP contribution is -2.47. The summed E-state index contributed by atoms with van der Waals surface area (Å²) < 4.78 is 8.10. The molecule has 0 radical (unpaired) electrons. The van der Waals surface area contributed by atoms with Crippen molar-refractivity contribution in [3.8, 4) is 11.1 Å². The Kier molecular flexibility index (Phi) is 6.52. The molecule has 4 rings (SSSR count). The van der Waals surface area contributed by atoms with Gasteiger partial charge in [-0.3, -0.25) is 9.36 Å². The highest BCUT2D eigenvalue weighted by molar-refractivity contribution is 9.10. The quantitative estimate of drug-likeness (QED) is 0.406. The standard InChI is InChI=1S/C20H18BrClN4O4S/c1-31-19-23-8-11-6-15(14-3-2-12(21)7-16(14)22)18(27)26(17(11)24-19)10-13-9-25(20(28)29)4-5-30-13/h2-3,6-8,13H,4-5,9-10H2,1H3,(H,28,29). The second-order valence-electron chi connectivity index (χ2n) is 6.95. The minimum Gasteiger partial charge on any atom is -0.465 e. The summed E-state index contributed by atoms with van der Waals surface area (Å²) in [5, 5.41) is 11.0. The van der Waals surface area contributed by atoms with Crippen molar-refractivity contribution in [2.45, 2.75) is 17.8 Å². The first-order chi connectivity index (χ1) is 14.9. The van der Waals surface area contributed by atoms with Crippen LogP contribution >= 0.6 is 39.3 Å². The van der Waals surface area contributed by atoms with Crippen LogP contribution in [0.15, 0.2) is 44.9 Å². The lowest BCUT2D eigenvalue weighted by atomic mass is 10.1. The summed E-state index contributed by atoms with van der Waals surface area (Å²) in [5.41, 5.74) is 1.20. The molecule has 0 bridgehead atoms. The number of aromatic nitrogens is 3. The first-order valence-electron chi connectivity index (χ1n) is 9.37. The highest BCUT2D eigenvalue weighted by atomic mass is 79.9. The molecule has 1 aliphatic heterocycles. The first kappa shape index (κ1) is 22.1. The average molecular weight is 526 g/mol. The minimum absolute atomic E-state index is 0.159. The van der Waals surface area contributed by atoms with Gasteiger partial charge in [-0.05, 0) is 24.5 Å². The molecule has 1 fully saturated rings. The van der Waals surface area contributed by atoms with E-state index in [4.69, 9.17) is 16.3 Å². The number of rotatable bonds is 4. The number of hydrogen-bond donors (Lipinski definition) is 1. The topological polar surface area (TPSA) is 97.6 Å². The SMILES string of the molecule is CSc1ncc2cc(-c3ccc(Br)cc3Cl)c(=O)n(CC3CN(C(=O)O)CCO3)c2n1. The van der Waals surface area contributed by atoms with Crippen molar-refractivity contribution >= 4 is 56.4 Å². The van der Waals surface area contributed by atoms with E-state index in [0.717, 1.165) is 4.47 Å². The van der Waals surface area contributed by atoms with E-state index in [1.807, 2.05) is 12.3 Å². The third kappa shape index (κ3) is 4.57. The zero-order valence-corrected chi connectivity index (χ0v) is 19.6. The van der Waals surface area contributed by atoms with Gasteiger partial charge in [0.1, 0.15) is 5.65 Å². The molecule has 1 saturated heterocycles. The zero-order chi connectivity index (χ0) is 22.1. The summed E-state index contributed by atoms with van der Waals surface area (Å²) >= 11 is 11.2. The second kappa shape index (κ2) is 9.15. The normalized spacial score (nSPS) is 16.6. The summed E-state index contributed by atoms with van der Waals surface area (Å²) in [6.45, 7) is 0.903. The Hall–Kier alpha value is -2.14. The summed E-state index contributed by atoms with van der Waals surface area (Å²) in [4.78, 5) is 35.1. The van der Waals surface area contributed by atoms with Crippen LogP contribution in [0.1, 0.15) is 0 Å². The highest BCUT2D eigenvalue weighted by Gasteiger charge is 2.26. The Morgan fingerprint density at radius 3 is 2.90 bits per heavy atom. The van der Waals surface area contributed by atoms with Gasteiger partial charge in [-0.15, -0.1) is 0 Å². The highest BCUT2D eigenvalue weighted by Crippen LogP contribution is 2.30. The number of benzene rings is 1. The van der Waals surface area contributed by atoms with E-state index in [9.17, 15) is 14.7 Å². The number of carboxylic acid groups (broad SMARTS) is 1. The van der Waals surface area contributed by atoms with Crippen molar-refractivity contribution in [1.82, 2.24) is 19.4 Å². The van der Waals surface area contributed by atoms with Crippen LogP contribution in [0.3, 0.4) is 0 Å². The van der Waals surface area contributed by atoms with Gasteiger partial charge >= 0.3 is 6.09 Å². The largest absolute Gasteiger partial charge is 0.465 e. The molecule has 1 amide bonds. The fourth-order valence-corrected chi connectivity index (χ4v) is 4.63. The van der Waals surface area contributed by atoms with Crippen LogP contribution in [-0.2, 0) is 11.3 Å². The number of pyridine rings is 1. The first-order valence-corrected chi connectivity index (χ1v) is 11.8. The average Bonchev–Trinajstić information content (AvgIpc) is 2.76. The van der Waals surface area contributed by atoms with E-state index in [2.05, 4.69) is 25.9 Å². The van der Waals surface area contributed by atoms with Crippen LogP contribution in [0, 0.1) is 0 Å². The molecule has 162 valence electrons. The number of nitrogens with zero attached hydrogens (tertiary/aromatic N) is 4. The van der Waals surface area contributed by atoms with Gasteiger partial charge in [-0.2, -0.15) is 0 Å². The lowest BCUT2D eigenvalue weighted by Gasteiger charge is -2.31. The van der Waals surface area contributed by atoms with Gasteiger partial charge in [-0.25, -0.2) is 14.8 Å². The maximum atomic E-state index is 13.5. The van der Waals surface area contributed by atoms with Gasteiger partial charge in [0.15, 0.2) is 5.16 Å². The number of ether oxygens (including phenoxy) is 1. The maximum absolute atomic E-state index is 13.5. The van der Waals surface area contributed by atoms with Crippen molar-refractivity contribution in [2.75, 3.05) is 26.0 Å². The summed E-state index contributed by atoms with van der Waals surface area (Å²) in [6.07, 6.45) is 2.04. The molecular weight excluding hydrogens is 508 g/mol. The number of halogens is 2. The van der Waals surface area contributed by atoms with Crippen molar-refractivity contribution < 1.29 is 14.6 Å². The minimum atomic E-state index is -1.01. The van der Waals surface area contributed by atoms with Gasteiger partial charge in [0, 0.05) is 38.8 Å². The van der Waals surface area contributed by atoms with Crippen LogP contribution < -0.4 is 5.56 Å². The maximum Gasteiger partial charge on any atom is 0.407 e. The lowest BCUT2D eigenvalue weighted by molar-refractivity contribution is -0.0291. The Morgan fingerprint density at radius 1 is 1.39 bits per heavy atom. The molecule has 0 aliphatic carbocycles. The van der Waals surface area contributed by atoms with Crippen molar-refractivity contribution in [3.05, 3.63) is 50.3 Å². The molecule has 0 spiro atoms. The van der Waals surface area contributed by atoms with E-state index < -0.39 is 12.2 Å². The number of fused-ring (bicyclic) bond motifs is 1. The van der Waals surface area contributed by atoms with Crippen LogP contribution in [0.2, 0.25) is 5.02 Å². The van der Waals surface area contributed by atoms with Crippen LogP contribution in [0.5, 0.6) is 0 Å². The summed E-state index contributed by atoms with van der Waals surface area (Å²) in [6, 6.07) is 7.06. The molecule has 3 heterocycles. The Morgan fingerprint density at radius 2 is 2.19 bits per heavy atom. The van der Waals surface area contributed by atoms with Gasteiger partial charge in [0.05, 0.1) is 25.8 Å². The van der Waals surface area contributed by atoms with E-state index in [-0.39, 0.29) is 25.3 Å². The van der Waals surface area contributed by atoms with Crippen LogP contribution in [0.25, 0.3) is 22.2 Å². The zero-order valence-electron chi connectivity index (χ0n) is 16.4. The number of thioether (sulfide) groups is 1. The molecule has 8 nitrogen and oxygen atoms in total. The van der Waals surface area contributed by atoms with Gasteiger partial charge < -0.3 is 14.7 Å². The third-order valence-corrected chi connectivity index (χ3v) is 6.37. The van der Waals surface area contributed by atoms with Gasteiger partial charge in [0.25, 0.3) is 5.56 Å².